The number of rotatable bonds is 5. The molecule has 0 aliphatic rings. The quantitative estimate of drug-likeness (QED) is 0.856. The molecule has 0 aliphatic carbocycles. The molecule has 0 saturated heterocycles. The van der Waals surface area contributed by atoms with Gasteiger partial charge in [0.25, 0.3) is 0 Å². The second-order valence-electron chi connectivity index (χ2n) is 3.95. The summed E-state index contributed by atoms with van der Waals surface area (Å²) in [5, 5.41) is 7.51. The zero-order chi connectivity index (χ0) is 13.0. The Morgan fingerprint density at radius 2 is 2.24 bits per heavy atom. The fraction of sp³-hybridized carbons (Fsp3) is 0.636. The van der Waals surface area contributed by atoms with E-state index in [1.165, 1.54) is 0 Å². The van der Waals surface area contributed by atoms with Crippen LogP contribution < -0.4 is 5.32 Å². The molecule has 5 nitrogen and oxygen atoms in total. The highest BCUT2D eigenvalue weighted by Gasteiger charge is 2.15. The predicted octanol–water partition coefficient (Wildman–Crippen LogP) is 0.950. The highest BCUT2D eigenvalue weighted by atomic mass is 35.5. The zero-order valence-corrected chi connectivity index (χ0v) is 11.5. The minimum absolute atomic E-state index is 0.00418. The van der Waals surface area contributed by atoms with Crippen LogP contribution in [-0.4, -0.2) is 40.7 Å². The molecule has 0 aliphatic heterocycles. The van der Waals surface area contributed by atoms with Gasteiger partial charge in [-0.25, -0.2) is 0 Å². The summed E-state index contributed by atoms with van der Waals surface area (Å²) in [5.74, 6) is 0.00418. The Morgan fingerprint density at radius 3 is 2.65 bits per heavy atom. The van der Waals surface area contributed by atoms with Crippen LogP contribution in [0.25, 0.3) is 0 Å². The maximum atomic E-state index is 11.3. The number of halogens is 1. The third kappa shape index (κ3) is 3.44. The highest BCUT2D eigenvalue weighted by molar-refractivity contribution is 6.30. The van der Waals surface area contributed by atoms with E-state index in [0.29, 0.717) is 18.2 Å². The van der Waals surface area contributed by atoms with Crippen LogP contribution in [0.2, 0.25) is 5.15 Å². The van der Waals surface area contributed by atoms with Gasteiger partial charge in [0.05, 0.1) is 12.2 Å². The molecule has 0 saturated carbocycles. The van der Waals surface area contributed by atoms with Crippen molar-refractivity contribution in [1.29, 1.82) is 0 Å². The lowest BCUT2D eigenvalue weighted by molar-refractivity contribution is -0.121. The third-order valence-electron chi connectivity index (χ3n) is 2.74. The van der Waals surface area contributed by atoms with Crippen molar-refractivity contribution in [3.05, 3.63) is 16.4 Å². The van der Waals surface area contributed by atoms with E-state index in [9.17, 15) is 4.79 Å². The van der Waals surface area contributed by atoms with E-state index < -0.39 is 0 Å². The molecular weight excluding hydrogens is 240 g/mol. The first-order valence-corrected chi connectivity index (χ1v) is 5.98. The van der Waals surface area contributed by atoms with Gasteiger partial charge in [0, 0.05) is 26.2 Å². The Kier molecular flexibility index (Phi) is 4.96. The summed E-state index contributed by atoms with van der Waals surface area (Å²) < 4.78 is 1.65. The van der Waals surface area contributed by atoms with Gasteiger partial charge in [0.1, 0.15) is 5.15 Å². The van der Waals surface area contributed by atoms with Crippen molar-refractivity contribution in [2.24, 2.45) is 7.05 Å². The molecule has 0 atom stereocenters. The summed E-state index contributed by atoms with van der Waals surface area (Å²) in [4.78, 5) is 13.4. The first-order valence-electron chi connectivity index (χ1n) is 5.60. The van der Waals surface area contributed by atoms with Gasteiger partial charge in [-0.05, 0) is 13.5 Å². The zero-order valence-electron chi connectivity index (χ0n) is 10.7. The molecule has 0 bridgehead atoms. The fourth-order valence-electron chi connectivity index (χ4n) is 1.64. The lowest BCUT2D eigenvalue weighted by atomic mass is 10.2. The van der Waals surface area contributed by atoms with Gasteiger partial charge >= 0.3 is 0 Å². The second kappa shape index (κ2) is 6.02. The van der Waals surface area contributed by atoms with Crippen LogP contribution in [-0.2, 0) is 18.4 Å². The Labute approximate surface area is 107 Å². The average Bonchev–Trinajstić information content (AvgIpc) is 2.54. The molecule has 1 aromatic rings. The van der Waals surface area contributed by atoms with Gasteiger partial charge < -0.3 is 5.32 Å². The fourth-order valence-corrected chi connectivity index (χ4v) is 1.87. The number of carbonyl (C=O) groups excluding carboxylic acids is 1. The number of aromatic nitrogens is 2. The summed E-state index contributed by atoms with van der Waals surface area (Å²) in [5.41, 5.74) is 1.90. The average molecular weight is 259 g/mol. The van der Waals surface area contributed by atoms with E-state index in [4.69, 9.17) is 11.6 Å². The molecule has 1 amide bonds. The highest BCUT2D eigenvalue weighted by Crippen LogP contribution is 2.20. The Bertz CT molecular complexity index is 402. The van der Waals surface area contributed by atoms with Crippen molar-refractivity contribution in [2.75, 3.05) is 20.1 Å². The normalized spacial score (nSPS) is 10.9. The molecular formula is C11H19ClN4O. The number of hydrogen-bond acceptors (Lipinski definition) is 3. The van der Waals surface area contributed by atoms with Crippen LogP contribution in [0.1, 0.15) is 18.2 Å². The van der Waals surface area contributed by atoms with E-state index in [1.54, 1.807) is 11.7 Å². The number of nitrogens with zero attached hydrogens (tertiary/aromatic N) is 3. The van der Waals surface area contributed by atoms with Gasteiger partial charge in [0.2, 0.25) is 5.91 Å². The van der Waals surface area contributed by atoms with Crippen molar-refractivity contribution in [3.63, 3.8) is 0 Å². The largest absolute Gasteiger partial charge is 0.358 e. The standard InChI is InChI=1S/C11H19ClN4O/c1-5-16(7-10(17)13-3)6-9-8(2)14-15(4)11(9)12/h5-7H2,1-4H3,(H,13,17). The Balaban J connectivity index is 2.77. The van der Waals surface area contributed by atoms with Crippen molar-refractivity contribution in [2.45, 2.75) is 20.4 Å². The van der Waals surface area contributed by atoms with Gasteiger partial charge in [-0.15, -0.1) is 0 Å². The van der Waals surface area contributed by atoms with Crippen molar-refractivity contribution < 1.29 is 4.79 Å². The molecule has 1 rings (SSSR count). The first kappa shape index (κ1) is 14.0. The van der Waals surface area contributed by atoms with Crippen LogP contribution in [0, 0.1) is 6.92 Å². The van der Waals surface area contributed by atoms with Crippen LogP contribution in [0.4, 0.5) is 0 Å². The molecule has 17 heavy (non-hydrogen) atoms. The van der Waals surface area contributed by atoms with E-state index in [1.807, 2.05) is 25.8 Å². The van der Waals surface area contributed by atoms with Gasteiger partial charge in [-0.1, -0.05) is 18.5 Å². The minimum Gasteiger partial charge on any atom is -0.358 e. The summed E-state index contributed by atoms with van der Waals surface area (Å²) in [6, 6.07) is 0. The molecule has 1 N–H and O–H groups in total. The number of nitrogens with one attached hydrogen (secondary N) is 1. The summed E-state index contributed by atoms with van der Waals surface area (Å²) >= 11 is 6.16. The lowest BCUT2D eigenvalue weighted by Gasteiger charge is -2.19. The first-order chi connectivity index (χ1) is 7.99. The van der Waals surface area contributed by atoms with E-state index in [0.717, 1.165) is 17.8 Å². The Morgan fingerprint density at radius 1 is 1.59 bits per heavy atom. The molecule has 1 heterocycles. The van der Waals surface area contributed by atoms with Crippen molar-refractivity contribution in [3.8, 4) is 0 Å². The lowest BCUT2D eigenvalue weighted by Crippen LogP contribution is -2.35. The molecule has 0 fully saturated rings. The number of likely N-dealkylation sites (N-methyl/N-ethyl adjacent to an activating group) is 2. The maximum Gasteiger partial charge on any atom is 0.233 e. The number of carbonyl (C=O) groups is 1. The third-order valence-corrected chi connectivity index (χ3v) is 3.22. The SMILES string of the molecule is CCN(CC(=O)NC)Cc1c(C)nn(C)c1Cl. The van der Waals surface area contributed by atoms with E-state index >= 15 is 0 Å². The molecule has 0 spiro atoms. The minimum atomic E-state index is 0.00418. The summed E-state index contributed by atoms with van der Waals surface area (Å²) in [6.07, 6.45) is 0. The van der Waals surface area contributed by atoms with E-state index in [-0.39, 0.29) is 5.91 Å². The Hall–Kier alpha value is -1.07. The number of aryl methyl sites for hydroxylation is 2. The number of amides is 1. The summed E-state index contributed by atoms with van der Waals surface area (Å²) in [6.45, 7) is 5.75. The smallest absolute Gasteiger partial charge is 0.233 e. The van der Waals surface area contributed by atoms with Crippen LogP contribution in [0.5, 0.6) is 0 Å². The van der Waals surface area contributed by atoms with Gasteiger partial charge in [-0.3, -0.25) is 14.4 Å². The van der Waals surface area contributed by atoms with Crippen molar-refractivity contribution >= 4 is 17.5 Å². The van der Waals surface area contributed by atoms with Crippen LogP contribution >= 0.6 is 11.6 Å². The van der Waals surface area contributed by atoms with E-state index in [2.05, 4.69) is 10.4 Å². The topological polar surface area (TPSA) is 50.2 Å². The molecule has 1 aromatic heterocycles. The van der Waals surface area contributed by atoms with Crippen molar-refractivity contribution in [1.82, 2.24) is 20.0 Å². The molecule has 96 valence electrons. The maximum absolute atomic E-state index is 11.3. The molecule has 0 radical (unpaired) electrons. The predicted molar refractivity (Wildman–Crippen MR) is 68.0 cm³/mol. The second-order valence-corrected chi connectivity index (χ2v) is 4.31. The van der Waals surface area contributed by atoms with Gasteiger partial charge in [0.15, 0.2) is 0 Å². The molecule has 0 aromatic carbocycles. The number of hydrogen-bond donors (Lipinski definition) is 1. The molecule has 6 heteroatoms. The molecule has 0 unspecified atom stereocenters. The monoisotopic (exact) mass is 258 g/mol. The van der Waals surface area contributed by atoms with Crippen LogP contribution in [0.3, 0.4) is 0 Å². The summed E-state index contributed by atoms with van der Waals surface area (Å²) in [7, 11) is 3.45. The van der Waals surface area contributed by atoms with Gasteiger partial charge in [-0.2, -0.15) is 5.10 Å². The van der Waals surface area contributed by atoms with Crippen LogP contribution in [0.15, 0.2) is 0 Å².